The molecule has 4 rings (SSSR count). The Kier molecular flexibility index (Phi) is 4.22. The average Bonchev–Trinajstić information content (AvgIpc) is 3.21. The molecule has 5 heteroatoms. The largest absolute Gasteiger partial charge is 0.347 e. The fourth-order valence-electron chi connectivity index (χ4n) is 3.05. The molecule has 0 aliphatic heterocycles. The first-order valence-corrected chi connectivity index (χ1v) is 9.83. The summed E-state index contributed by atoms with van der Waals surface area (Å²) in [5.74, 6) is 0.735. The van der Waals surface area contributed by atoms with Gasteiger partial charge in [-0.05, 0) is 59.3 Å². The van der Waals surface area contributed by atoms with Crippen LogP contribution in [0.3, 0.4) is 0 Å². The molecule has 1 saturated carbocycles. The van der Waals surface area contributed by atoms with Crippen molar-refractivity contribution < 1.29 is 4.79 Å². The van der Waals surface area contributed by atoms with Crippen LogP contribution in [0.25, 0.3) is 10.2 Å². The van der Waals surface area contributed by atoms with Gasteiger partial charge in [0.15, 0.2) is 0 Å². The van der Waals surface area contributed by atoms with Crippen LogP contribution in [-0.2, 0) is 13.1 Å². The molecular formula is C19H19BrN2OS. The molecule has 3 aromatic rings. The maximum Gasteiger partial charge on any atom is 0.268 e. The van der Waals surface area contributed by atoms with Crippen LogP contribution in [0.1, 0.15) is 34.5 Å². The van der Waals surface area contributed by atoms with Crippen molar-refractivity contribution in [3.8, 4) is 0 Å². The third-order valence-corrected chi connectivity index (χ3v) is 6.04. The lowest BCUT2D eigenvalue weighted by Gasteiger charge is -2.10. The first-order chi connectivity index (χ1) is 11.6. The molecule has 2 heterocycles. The van der Waals surface area contributed by atoms with E-state index in [9.17, 15) is 4.79 Å². The molecule has 124 valence electrons. The van der Waals surface area contributed by atoms with Crippen LogP contribution in [0.15, 0.2) is 40.2 Å². The number of rotatable bonds is 5. The third-order valence-electron chi connectivity index (χ3n) is 4.47. The Hall–Kier alpha value is -1.59. The Morgan fingerprint density at radius 3 is 2.92 bits per heavy atom. The van der Waals surface area contributed by atoms with Gasteiger partial charge in [-0.1, -0.05) is 29.8 Å². The van der Waals surface area contributed by atoms with Crippen LogP contribution in [0.2, 0.25) is 0 Å². The normalized spacial score (nSPS) is 14.2. The number of nitrogens with one attached hydrogen (secondary N) is 1. The van der Waals surface area contributed by atoms with E-state index in [0.29, 0.717) is 6.54 Å². The molecule has 1 aliphatic carbocycles. The molecule has 1 fully saturated rings. The molecule has 24 heavy (non-hydrogen) atoms. The van der Waals surface area contributed by atoms with Crippen molar-refractivity contribution in [3.63, 3.8) is 0 Å². The minimum atomic E-state index is 0.0108. The van der Waals surface area contributed by atoms with Crippen molar-refractivity contribution in [2.75, 3.05) is 0 Å². The highest BCUT2D eigenvalue weighted by Crippen LogP contribution is 2.36. The minimum absolute atomic E-state index is 0.0108. The second-order valence-electron chi connectivity index (χ2n) is 6.56. The van der Waals surface area contributed by atoms with Gasteiger partial charge in [-0.3, -0.25) is 4.79 Å². The van der Waals surface area contributed by atoms with Crippen molar-refractivity contribution in [2.24, 2.45) is 5.92 Å². The molecule has 3 nitrogen and oxygen atoms in total. The second kappa shape index (κ2) is 6.37. The quantitative estimate of drug-likeness (QED) is 0.631. The van der Waals surface area contributed by atoms with Crippen molar-refractivity contribution in [1.29, 1.82) is 0 Å². The minimum Gasteiger partial charge on any atom is -0.347 e. The fraction of sp³-hybridized carbons (Fsp3) is 0.316. The van der Waals surface area contributed by atoms with Crippen LogP contribution in [-0.4, -0.2) is 10.5 Å². The molecule has 1 amide bonds. The summed E-state index contributed by atoms with van der Waals surface area (Å²) < 4.78 is 4.48. The Morgan fingerprint density at radius 2 is 2.17 bits per heavy atom. The zero-order valence-corrected chi connectivity index (χ0v) is 15.9. The van der Waals surface area contributed by atoms with E-state index in [1.807, 2.05) is 18.2 Å². The number of nitrogens with zero attached hydrogens (tertiary/aromatic N) is 1. The van der Waals surface area contributed by atoms with Gasteiger partial charge in [-0.2, -0.15) is 0 Å². The second-order valence-corrected chi connectivity index (χ2v) is 9.02. The van der Waals surface area contributed by atoms with Crippen LogP contribution < -0.4 is 5.32 Å². The van der Waals surface area contributed by atoms with Crippen LogP contribution in [0, 0.1) is 12.8 Å². The average molecular weight is 403 g/mol. The number of hydrogen-bond acceptors (Lipinski definition) is 2. The van der Waals surface area contributed by atoms with Crippen molar-refractivity contribution in [2.45, 2.75) is 32.9 Å². The van der Waals surface area contributed by atoms with E-state index >= 15 is 0 Å². The summed E-state index contributed by atoms with van der Waals surface area (Å²) in [6.07, 6.45) is 2.55. The van der Waals surface area contributed by atoms with E-state index in [2.05, 4.69) is 50.9 Å². The zero-order valence-electron chi connectivity index (χ0n) is 13.5. The van der Waals surface area contributed by atoms with E-state index in [4.69, 9.17) is 0 Å². The smallest absolute Gasteiger partial charge is 0.268 e. The number of aromatic nitrogens is 1. The van der Waals surface area contributed by atoms with Gasteiger partial charge in [-0.15, -0.1) is 11.3 Å². The molecule has 0 unspecified atom stereocenters. The van der Waals surface area contributed by atoms with Crippen molar-refractivity contribution in [3.05, 3.63) is 57.0 Å². The van der Waals surface area contributed by atoms with Crippen LogP contribution in [0.5, 0.6) is 0 Å². The summed E-state index contributed by atoms with van der Waals surface area (Å²) in [7, 11) is 0. The highest BCUT2D eigenvalue weighted by Gasteiger charge is 2.26. The molecule has 2 aromatic heterocycles. The van der Waals surface area contributed by atoms with Crippen LogP contribution in [0.4, 0.5) is 0 Å². The lowest BCUT2D eigenvalue weighted by molar-refractivity contribution is 0.0941. The van der Waals surface area contributed by atoms with Crippen molar-refractivity contribution in [1.82, 2.24) is 9.88 Å². The number of thiophene rings is 1. The monoisotopic (exact) mass is 402 g/mol. The molecular weight excluding hydrogens is 384 g/mol. The lowest BCUT2D eigenvalue weighted by atomic mass is 10.1. The number of fused-ring (bicyclic) bond motifs is 1. The summed E-state index contributed by atoms with van der Waals surface area (Å²) in [5.41, 5.74) is 4.29. The fourth-order valence-corrected chi connectivity index (χ4v) is 4.61. The first kappa shape index (κ1) is 15.9. The highest BCUT2D eigenvalue weighted by molar-refractivity contribution is 9.11. The van der Waals surface area contributed by atoms with Gasteiger partial charge in [-0.25, -0.2) is 0 Å². The molecule has 1 aromatic carbocycles. The SMILES string of the molecule is Cc1cccc(CNC(=O)c2cc3sc(Br)cc3n2CC2CC2)c1. The number of aryl methyl sites for hydroxylation is 1. The van der Waals surface area contributed by atoms with E-state index in [1.165, 1.54) is 28.6 Å². The molecule has 0 atom stereocenters. The summed E-state index contributed by atoms with van der Waals surface area (Å²) >= 11 is 5.24. The lowest BCUT2D eigenvalue weighted by Crippen LogP contribution is -2.25. The van der Waals surface area contributed by atoms with E-state index < -0.39 is 0 Å². The molecule has 0 radical (unpaired) electrons. The summed E-state index contributed by atoms with van der Waals surface area (Å²) in [5, 5.41) is 3.08. The van der Waals surface area contributed by atoms with E-state index in [-0.39, 0.29) is 5.91 Å². The standard InChI is InChI=1S/C19H19BrN2OS/c1-12-3-2-4-14(7-12)10-21-19(23)16-8-17-15(9-18(20)24-17)22(16)11-13-5-6-13/h2-4,7-9,13H,5-6,10-11H2,1H3,(H,21,23). The summed E-state index contributed by atoms with van der Waals surface area (Å²) in [6.45, 7) is 3.57. The number of carbonyl (C=O) groups is 1. The number of halogens is 1. The van der Waals surface area contributed by atoms with E-state index in [1.54, 1.807) is 11.3 Å². The number of hydrogen-bond donors (Lipinski definition) is 1. The topological polar surface area (TPSA) is 34.0 Å². The van der Waals surface area contributed by atoms with Crippen molar-refractivity contribution >= 4 is 43.4 Å². The Balaban J connectivity index is 1.57. The number of amides is 1. The molecule has 1 aliphatic rings. The number of benzene rings is 1. The van der Waals surface area contributed by atoms with Gasteiger partial charge >= 0.3 is 0 Å². The molecule has 0 spiro atoms. The first-order valence-electron chi connectivity index (χ1n) is 8.22. The molecule has 0 bridgehead atoms. The van der Waals surface area contributed by atoms with Gasteiger partial charge in [0.2, 0.25) is 0 Å². The summed E-state index contributed by atoms with van der Waals surface area (Å²) in [6, 6.07) is 12.4. The van der Waals surface area contributed by atoms with E-state index in [0.717, 1.165) is 27.5 Å². The molecule has 0 saturated heterocycles. The maximum atomic E-state index is 12.7. The maximum absolute atomic E-state index is 12.7. The third kappa shape index (κ3) is 3.28. The van der Waals surface area contributed by atoms with Gasteiger partial charge in [0.25, 0.3) is 5.91 Å². The number of carbonyl (C=O) groups excluding carboxylic acids is 1. The summed E-state index contributed by atoms with van der Waals surface area (Å²) in [4.78, 5) is 12.7. The van der Waals surface area contributed by atoms with Gasteiger partial charge in [0.05, 0.1) is 14.0 Å². The zero-order chi connectivity index (χ0) is 16.7. The van der Waals surface area contributed by atoms with Gasteiger partial charge in [0.1, 0.15) is 5.69 Å². The molecule has 1 N–H and O–H groups in total. The Morgan fingerprint density at radius 1 is 1.33 bits per heavy atom. The van der Waals surface area contributed by atoms with Gasteiger partial charge in [0, 0.05) is 13.1 Å². The Bertz CT molecular complexity index is 907. The predicted octanol–water partition coefficient (Wildman–Crippen LogP) is 5.11. The van der Waals surface area contributed by atoms with Crippen LogP contribution >= 0.6 is 27.3 Å². The predicted molar refractivity (Wildman–Crippen MR) is 103 cm³/mol. The van der Waals surface area contributed by atoms with Gasteiger partial charge < -0.3 is 9.88 Å². The Labute approximate surface area is 153 Å². The highest BCUT2D eigenvalue weighted by atomic mass is 79.9.